The van der Waals surface area contributed by atoms with Gasteiger partial charge in [0.1, 0.15) is 0 Å². The molecular weight excluding hydrogens is 126 g/mol. The average molecular weight is 137 g/mol. The summed E-state index contributed by atoms with van der Waals surface area (Å²) in [6.07, 6.45) is 1.74. The molecule has 0 aromatic carbocycles. The molecule has 1 amide bonds. The van der Waals surface area contributed by atoms with Gasteiger partial charge in [-0.2, -0.15) is 0 Å². The van der Waals surface area contributed by atoms with Crippen molar-refractivity contribution in [2.45, 2.75) is 13.0 Å². The van der Waals surface area contributed by atoms with Gasteiger partial charge in [0, 0.05) is 0 Å². The number of amides is 1. The monoisotopic (exact) mass is 137 g/mol. The normalized spacial score (nSPS) is 30.3. The molecule has 0 aromatic heterocycles. The molecule has 0 unspecified atom stereocenters. The van der Waals surface area contributed by atoms with Gasteiger partial charge in [-0.25, -0.2) is 0 Å². The lowest BCUT2D eigenvalue weighted by Crippen LogP contribution is -2.57. The molecule has 0 aliphatic carbocycles. The van der Waals surface area contributed by atoms with Gasteiger partial charge >= 0.3 is 0 Å². The number of nitrogens with one attached hydrogen (secondary N) is 1. The van der Waals surface area contributed by atoms with Crippen molar-refractivity contribution in [1.82, 2.24) is 5.32 Å². The van der Waals surface area contributed by atoms with E-state index in [4.69, 9.17) is 0 Å². The third-order valence-electron chi connectivity index (χ3n) is 1.74. The first-order chi connectivity index (χ1) is 4.66. The van der Waals surface area contributed by atoms with Gasteiger partial charge in [0.25, 0.3) is 0 Å². The Morgan fingerprint density at radius 1 is 1.80 bits per heavy atom. The zero-order chi connectivity index (χ0) is 7.72. The highest BCUT2D eigenvalue weighted by Gasteiger charge is 2.37. The van der Waals surface area contributed by atoms with Gasteiger partial charge in [-0.3, -0.25) is 4.79 Å². The van der Waals surface area contributed by atoms with Crippen LogP contribution in [0.4, 0.5) is 0 Å². The van der Waals surface area contributed by atoms with Crippen molar-refractivity contribution in [3.63, 3.8) is 0 Å². The first-order valence-corrected chi connectivity index (χ1v) is 3.25. The Balaban J connectivity index is 2.64. The van der Waals surface area contributed by atoms with E-state index < -0.39 is 0 Å². The average Bonchev–Trinajstić information content (AvgIpc) is 1.80. The lowest BCUT2D eigenvalue weighted by Gasteiger charge is -2.34. The van der Waals surface area contributed by atoms with Crippen LogP contribution in [-0.2, 0) is 4.79 Å². The van der Waals surface area contributed by atoms with Crippen LogP contribution in [0.25, 0.3) is 0 Å². The molecule has 0 saturated carbocycles. The molecule has 1 fully saturated rings. The fourth-order valence-corrected chi connectivity index (χ4v) is 1.13. The smallest absolute Gasteiger partial charge is 0.230 e. The Labute approximate surface area is 60.6 Å². The van der Waals surface area contributed by atoms with Gasteiger partial charge in [-0.05, 0) is 6.92 Å². The first kappa shape index (κ1) is 7.06. The van der Waals surface area contributed by atoms with E-state index in [-0.39, 0.29) is 17.9 Å². The summed E-state index contributed by atoms with van der Waals surface area (Å²) in [5, 5.41) is 2.71. The molecule has 0 aromatic rings. The minimum atomic E-state index is -0.0301. The predicted molar refractivity (Wildman–Crippen MR) is 40.4 cm³/mol. The Bertz CT molecular complexity index is 187. The summed E-state index contributed by atoms with van der Waals surface area (Å²) in [5.74, 6) is 0.0369. The molecule has 1 aliphatic heterocycles. The molecule has 1 saturated heterocycles. The van der Waals surface area contributed by atoms with E-state index in [1.54, 1.807) is 6.08 Å². The Morgan fingerprint density at radius 2 is 2.40 bits per heavy atom. The topological polar surface area (TPSA) is 29.1 Å². The van der Waals surface area contributed by atoms with Crippen molar-refractivity contribution < 1.29 is 4.79 Å². The molecule has 54 valence electrons. The van der Waals surface area contributed by atoms with E-state index in [2.05, 4.69) is 18.5 Å². The standard InChI is InChI=1S/C8H11NO/c1-4-6-7(5(2)3)8(10)9-6/h4,6-7H,1-2H2,3H3,(H,9,10)/t6-,7-/m0/s1. The summed E-state index contributed by atoms with van der Waals surface area (Å²) in [6.45, 7) is 9.17. The molecule has 2 nitrogen and oxygen atoms in total. The van der Waals surface area contributed by atoms with Crippen molar-refractivity contribution in [3.8, 4) is 0 Å². The van der Waals surface area contributed by atoms with E-state index >= 15 is 0 Å². The minimum Gasteiger partial charge on any atom is -0.348 e. The van der Waals surface area contributed by atoms with E-state index in [0.717, 1.165) is 5.57 Å². The van der Waals surface area contributed by atoms with Crippen LogP contribution in [0.2, 0.25) is 0 Å². The highest BCUT2D eigenvalue weighted by molar-refractivity contribution is 5.89. The van der Waals surface area contributed by atoms with Gasteiger partial charge in [0.15, 0.2) is 0 Å². The minimum absolute atomic E-state index is 0.0301. The van der Waals surface area contributed by atoms with Gasteiger partial charge in [-0.15, -0.1) is 6.58 Å². The number of hydrogen-bond donors (Lipinski definition) is 1. The lowest BCUT2D eigenvalue weighted by molar-refractivity contribution is -0.131. The number of hydrogen-bond acceptors (Lipinski definition) is 1. The molecule has 1 heterocycles. The summed E-state index contributed by atoms with van der Waals surface area (Å²) in [6, 6.07) is 0.116. The number of carbonyl (C=O) groups is 1. The van der Waals surface area contributed by atoms with E-state index in [0.29, 0.717) is 0 Å². The van der Waals surface area contributed by atoms with Crippen molar-refractivity contribution in [1.29, 1.82) is 0 Å². The van der Waals surface area contributed by atoms with Crippen molar-refractivity contribution >= 4 is 5.91 Å². The number of rotatable bonds is 2. The second kappa shape index (κ2) is 2.29. The lowest BCUT2D eigenvalue weighted by atomic mass is 9.85. The third kappa shape index (κ3) is 0.856. The van der Waals surface area contributed by atoms with Gasteiger partial charge in [0.05, 0.1) is 12.0 Å². The fraction of sp³-hybridized carbons (Fsp3) is 0.375. The Morgan fingerprint density at radius 3 is 2.60 bits per heavy atom. The van der Waals surface area contributed by atoms with E-state index in [1.807, 2.05) is 6.92 Å². The molecule has 1 rings (SSSR count). The summed E-state index contributed by atoms with van der Waals surface area (Å²) in [4.78, 5) is 10.8. The zero-order valence-corrected chi connectivity index (χ0v) is 6.05. The van der Waals surface area contributed by atoms with Crippen molar-refractivity contribution in [2.24, 2.45) is 5.92 Å². The maximum absolute atomic E-state index is 10.8. The van der Waals surface area contributed by atoms with Crippen molar-refractivity contribution in [2.75, 3.05) is 0 Å². The fourth-order valence-electron chi connectivity index (χ4n) is 1.13. The van der Waals surface area contributed by atoms with Gasteiger partial charge in [0.2, 0.25) is 5.91 Å². The maximum atomic E-state index is 10.8. The van der Waals surface area contributed by atoms with Gasteiger partial charge < -0.3 is 5.32 Å². The number of β-lactam (4-membered cyclic amide) rings is 1. The molecule has 1 N–H and O–H groups in total. The van der Waals surface area contributed by atoms with Crippen LogP contribution in [-0.4, -0.2) is 11.9 Å². The second-order valence-corrected chi connectivity index (χ2v) is 2.59. The summed E-state index contributed by atoms with van der Waals surface area (Å²) in [5.41, 5.74) is 0.911. The van der Waals surface area contributed by atoms with E-state index in [1.165, 1.54) is 0 Å². The largest absolute Gasteiger partial charge is 0.348 e. The van der Waals surface area contributed by atoms with Crippen LogP contribution < -0.4 is 5.32 Å². The summed E-state index contributed by atoms with van der Waals surface area (Å²) >= 11 is 0. The molecule has 2 atom stereocenters. The molecule has 0 radical (unpaired) electrons. The maximum Gasteiger partial charge on any atom is 0.230 e. The van der Waals surface area contributed by atoms with Gasteiger partial charge in [-0.1, -0.05) is 18.2 Å². The number of carbonyl (C=O) groups excluding carboxylic acids is 1. The molecule has 0 bridgehead atoms. The van der Waals surface area contributed by atoms with Crippen LogP contribution >= 0.6 is 0 Å². The van der Waals surface area contributed by atoms with Crippen molar-refractivity contribution in [3.05, 3.63) is 24.8 Å². The van der Waals surface area contributed by atoms with Crippen LogP contribution in [0.15, 0.2) is 24.8 Å². The van der Waals surface area contributed by atoms with Crippen LogP contribution in [0.3, 0.4) is 0 Å². The zero-order valence-electron chi connectivity index (χ0n) is 6.05. The molecular formula is C8H11NO. The predicted octanol–water partition coefficient (Wildman–Crippen LogP) is 0.863. The third-order valence-corrected chi connectivity index (χ3v) is 1.74. The van der Waals surface area contributed by atoms with Crippen LogP contribution in [0.5, 0.6) is 0 Å². The first-order valence-electron chi connectivity index (χ1n) is 3.25. The van der Waals surface area contributed by atoms with E-state index in [9.17, 15) is 4.79 Å². The molecule has 10 heavy (non-hydrogen) atoms. The quantitative estimate of drug-likeness (QED) is 0.444. The van der Waals surface area contributed by atoms with Crippen LogP contribution in [0.1, 0.15) is 6.92 Å². The molecule has 1 aliphatic rings. The second-order valence-electron chi connectivity index (χ2n) is 2.59. The van der Waals surface area contributed by atoms with Crippen LogP contribution in [0, 0.1) is 5.92 Å². The SMILES string of the molecule is C=C[C@@H]1NC(=O)[C@H]1C(=C)C. The Hall–Kier alpha value is -1.05. The Kier molecular flexibility index (Phi) is 1.62. The molecule has 0 spiro atoms. The molecule has 2 heteroatoms. The highest BCUT2D eigenvalue weighted by Crippen LogP contribution is 2.22. The summed E-state index contributed by atoms with van der Waals surface area (Å²) in [7, 11) is 0. The summed E-state index contributed by atoms with van der Waals surface area (Å²) < 4.78 is 0. The highest BCUT2D eigenvalue weighted by atomic mass is 16.2.